The topological polar surface area (TPSA) is 32.7 Å². The Hall–Kier alpha value is -1.55. The van der Waals surface area contributed by atoms with Gasteiger partial charge in [-0.05, 0) is 50.7 Å². The lowest BCUT2D eigenvalue weighted by Crippen LogP contribution is -2.39. The van der Waals surface area contributed by atoms with Crippen molar-refractivity contribution in [1.29, 1.82) is 0 Å². The van der Waals surface area contributed by atoms with Gasteiger partial charge in [-0.1, -0.05) is 42.5 Å². The van der Waals surface area contributed by atoms with E-state index in [9.17, 15) is 5.11 Å². The molecule has 0 aliphatic rings. The number of hydrogen-bond acceptors (Lipinski definition) is 3. The fourth-order valence-electron chi connectivity index (χ4n) is 2.95. The number of halogens is 1. The minimum Gasteiger partial charge on any atom is -0.497 e. The van der Waals surface area contributed by atoms with E-state index in [0.717, 1.165) is 24.3 Å². The van der Waals surface area contributed by atoms with Crippen molar-refractivity contribution in [3.05, 3.63) is 65.7 Å². The van der Waals surface area contributed by atoms with Crippen LogP contribution in [0.1, 0.15) is 18.1 Å². The summed E-state index contributed by atoms with van der Waals surface area (Å²) in [4.78, 5) is 2.13. The number of ether oxygens (including phenoxy) is 1. The van der Waals surface area contributed by atoms with Gasteiger partial charge in [-0.2, -0.15) is 0 Å². The Morgan fingerprint density at radius 1 is 1.08 bits per heavy atom. The Labute approximate surface area is 151 Å². The van der Waals surface area contributed by atoms with Crippen LogP contribution >= 0.6 is 12.4 Å². The second-order valence-electron chi connectivity index (χ2n) is 6.53. The highest BCUT2D eigenvalue weighted by molar-refractivity contribution is 5.85. The molecule has 4 heteroatoms. The molecule has 24 heavy (non-hydrogen) atoms. The van der Waals surface area contributed by atoms with E-state index in [1.807, 2.05) is 63.5 Å². The Morgan fingerprint density at radius 3 is 2.33 bits per heavy atom. The molecule has 0 heterocycles. The lowest BCUT2D eigenvalue weighted by Gasteiger charge is -2.35. The van der Waals surface area contributed by atoms with Crippen molar-refractivity contribution in [2.45, 2.75) is 18.9 Å². The zero-order chi connectivity index (χ0) is 16.9. The Morgan fingerprint density at radius 2 is 1.75 bits per heavy atom. The van der Waals surface area contributed by atoms with Gasteiger partial charge in [-0.25, -0.2) is 0 Å². The molecule has 0 radical (unpaired) electrons. The fraction of sp³-hybridized carbons (Fsp3) is 0.400. The zero-order valence-electron chi connectivity index (χ0n) is 14.9. The monoisotopic (exact) mass is 349 g/mol. The van der Waals surface area contributed by atoms with Crippen molar-refractivity contribution in [2.75, 3.05) is 27.7 Å². The minimum absolute atomic E-state index is 0. The molecule has 0 saturated carbocycles. The molecule has 3 nitrogen and oxygen atoms in total. The summed E-state index contributed by atoms with van der Waals surface area (Å²) >= 11 is 0. The normalized spacial score (nSPS) is 14.6. The number of benzene rings is 2. The number of rotatable bonds is 7. The molecular formula is C20H28ClNO2. The van der Waals surface area contributed by atoms with E-state index < -0.39 is 5.60 Å². The van der Waals surface area contributed by atoms with Gasteiger partial charge < -0.3 is 14.7 Å². The Kier molecular flexibility index (Phi) is 7.74. The van der Waals surface area contributed by atoms with Gasteiger partial charge in [0.25, 0.3) is 0 Å². The van der Waals surface area contributed by atoms with E-state index >= 15 is 0 Å². The minimum atomic E-state index is -0.936. The van der Waals surface area contributed by atoms with Gasteiger partial charge >= 0.3 is 0 Å². The fourth-order valence-corrected chi connectivity index (χ4v) is 2.95. The summed E-state index contributed by atoms with van der Waals surface area (Å²) in [6.45, 7) is 2.71. The summed E-state index contributed by atoms with van der Waals surface area (Å²) in [5.74, 6) is 0.845. The standard InChI is InChI=1S/C20H27NO2.ClH/c1-20(22,17-11-8-12-19(14-17)23-4)18(15-21(2)3)13-16-9-6-5-7-10-16;/h5-12,14,18,22H,13,15H2,1-4H3;1H/t18-,20+;/m0./s1. The van der Waals surface area contributed by atoms with E-state index in [0.29, 0.717) is 0 Å². The first-order valence-corrected chi connectivity index (χ1v) is 7.99. The SMILES string of the molecule is COc1cccc([C@@](C)(O)[C@@H](Cc2ccccc2)CN(C)C)c1.Cl. The molecule has 0 bridgehead atoms. The molecule has 2 aromatic rings. The molecule has 0 saturated heterocycles. The van der Waals surface area contributed by atoms with Crippen LogP contribution in [0.5, 0.6) is 5.75 Å². The first-order valence-electron chi connectivity index (χ1n) is 7.99. The largest absolute Gasteiger partial charge is 0.497 e. The highest BCUT2D eigenvalue weighted by Gasteiger charge is 2.34. The molecule has 0 amide bonds. The average Bonchev–Trinajstić information content (AvgIpc) is 2.55. The molecule has 2 aromatic carbocycles. The summed E-state index contributed by atoms with van der Waals surface area (Å²) in [5.41, 5.74) is 1.19. The molecule has 0 spiro atoms. The van der Waals surface area contributed by atoms with Crippen LogP contribution in [-0.4, -0.2) is 37.8 Å². The van der Waals surface area contributed by atoms with Gasteiger partial charge in [-0.3, -0.25) is 0 Å². The van der Waals surface area contributed by atoms with Gasteiger partial charge in [0.15, 0.2) is 0 Å². The zero-order valence-corrected chi connectivity index (χ0v) is 15.7. The van der Waals surface area contributed by atoms with Crippen molar-refractivity contribution in [3.63, 3.8) is 0 Å². The van der Waals surface area contributed by atoms with Crippen LogP contribution in [0.3, 0.4) is 0 Å². The average molecular weight is 350 g/mol. The van der Waals surface area contributed by atoms with Crippen molar-refractivity contribution in [1.82, 2.24) is 4.90 Å². The van der Waals surface area contributed by atoms with Crippen LogP contribution < -0.4 is 4.74 Å². The molecule has 132 valence electrons. The van der Waals surface area contributed by atoms with Crippen molar-refractivity contribution in [2.24, 2.45) is 5.92 Å². The van der Waals surface area contributed by atoms with E-state index in [1.54, 1.807) is 7.11 Å². The van der Waals surface area contributed by atoms with Crippen molar-refractivity contribution < 1.29 is 9.84 Å². The summed E-state index contributed by atoms with van der Waals surface area (Å²) < 4.78 is 5.31. The molecule has 0 aliphatic carbocycles. The Bertz CT molecular complexity index is 614. The number of aliphatic hydroxyl groups is 1. The summed E-state index contributed by atoms with van der Waals surface area (Å²) in [5, 5.41) is 11.3. The first-order chi connectivity index (χ1) is 10.9. The van der Waals surface area contributed by atoms with Crippen LogP contribution in [0.2, 0.25) is 0 Å². The van der Waals surface area contributed by atoms with Crippen LogP contribution in [0.4, 0.5) is 0 Å². The third-order valence-corrected chi connectivity index (χ3v) is 4.36. The lowest BCUT2D eigenvalue weighted by atomic mass is 9.79. The molecule has 0 fully saturated rings. The highest BCUT2D eigenvalue weighted by atomic mass is 35.5. The van der Waals surface area contributed by atoms with Crippen LogP contribution in [0, 0.1) is 5.92 Å². The lowest BCUT2D eigenvalue weighted by molar-refractivity contribution is -0.0159. The maximum absolute atomic E-state index is 11.3. The molecule has 2 rings (SSSR count). The van der Waals surface area contributed by atoms with E-state index in [1.165, 1.54) is 5.56 Å². The van der Waals surface area contributed by atoms with Gasteiger partial charge in [-0.15, -0.1) is 12.4 Å². The molecule has 1 N–H and O–H groups in total. The predicted octanol–water partition coefficient (Wildman–Crippen LogP) is 3.75. The van der Waals surface area contributed by atoms with Crippen LogP contribution in [0.15, 0.2) is 54.6 Å². The van der Waals surface area contributed by atoms with E-state index in [4.69, 9.17) is 4.74 Å². The highest BCUT2D eigenvalue weighted by Crippen LogP contribution is 2.34. The van der Waals surface area contributed by atoms with Crippen LogP contribution in [0.25, 0.3) is 0 Å². The van der Waals surface area contributed by atoms with Gasteiger partial charge in [0, 0.05) is 12.5 Å². The summed E-state index contributed by atoms with van der Waals surface area (Å²) in [6.07, 6.45) is 0.823. The smallest absolute Gasteiger partial charge is 0.119 e. The third-order valence-electron chi connectivity index (χ3n) is 4.36. The van der Waals surface area contributed by atoms with Gasteiger partial charge in [0.2, 0.25) is 0 Å². The first kappa shape index (κ1) is 20.5. The van der Waals surface area contributed by atoms with Gasteiger partial charge in [0.05, 0.1) is 12.7 Å². The quantitative estimate of drug-likeness (QED) is 0.826. The summed E-state index contributed by atoms with van der Waals surface area (Å²) in [6, 6.07) is 18.1. The predicted molar refractivity (Wildman–Crippen MR) is 102 cm³/mol. The molecule has 0 aliphatic heterocycles. The number of methoxy groups -OCH3 is 1. The summed E-state index contributed by atoms with van der Waals surface area (Å²) in [7, 11) is 5.73. The maximum Gasteiger partial charge on any atom is 0.119 e. The van der Waals surface area contributed by atoms with Crippen molar-refractivity contribution in [3.8, 4) is 5.75 Å². The third kappa shape index (κ3) is 5.23. The van der Waals surface area contributed by atoms with Crippen molar-refractivity contribution >= 4 is 12.4 Å². The maximum atomic E-state index is 11.3. The number of hydrogen-bond donors (Lipinski definition) is 1. The molecule has 0 aromatic heterocycles. The second kappa shape index (κ2) is 9.07. The van der Waals surface area contributed by atoms with Gasteiger partial charge in [0.1, 0.15) is 5.75 Å². The van der Waals surface area contributed by atoms with E-state index in [-0.39, 0.29) is 18.3 Å². The van der Waals surface area contributed by atoms with E-state index in [2.05, 4.69) is 17.0 Å². The molecule has 0 unspecified atom stereocenters. The molecule has 2 atom stereocenters. The van der Waals surface area contributed by atoms with Crippen LogP contribution in [-0.2, 0) is 12.0 Å². The Balaban J connectivity index is 0.00000288. The second-order valence-corrected chi connectivity index (χ2v) is 6.53. The number of nitrogens with zero attached hydrogens (tertiary/aromatic N) is 1. The molecular weight excluding hydrogens is 322 g/mol.